The Balaban J connectivity index is 1.79. The molecule has 2 aliphatic rings. The fraction of sp³-hybridized carbons (Fsp3) is 0.692. The average Bonchev–Trinajstić information content (AvgIpc) is 3.17. The van der Waals surface area contributed by atoms with Crippen LogP contribution in [0, 0.1) is 5.92 Å². The highest BCUT2D eigenvalue weighted by atomic mass is 79.9. The lowest BCUT2D eigenvalue weighted by molar-refractivity contribution is 0.287. The molecule has 1 N–H and O–H groups in total. The van der Waals surface area contributed by atoms with Crippen LogP contribution in [-0.2, 0) is 10.0 Å². The molecule has 1 aliphatic carbocycles. The first-order valence-electron chi connectivity index (χ1n) is 7.05. The van der Waals surface area contributed by atoms with E-state index < -0.39 is 10.0 Å². The van der Waals surface area contributed by atoms with Gasteiger partial charge < -0.3 is 5.32 Å². The third kappa shape index (κ3) is 3.27. The van der Waals surface area contributed by atoms with Crippen LogP contribution >= 0.6 is 27.3 Å². The van der Waals surface area contributed by atoms with Gasteiger partial charge in [-0.2, -0.15) is 4.31 Å². The van der Waals surface area contributed by atoms with Crippen LogP contribution in [0.15, 0.2) is 20.1 Å². The maximum atomic E-state index is 12.8. The number of piperidine rings is 1. The molecule has 1 atom stereocenters. The zero-order valence-electron chi connectivity index (χ0n) is 11.2. The second kappa shape index (κ2) is 6.04. The van der Waals surface area contributed by atoms with E-state index in [9.17, 15) is 8.42 Å². The molecule has 20 heavy (non-hydrogen) atoms. The number of halogens is 1. The summed E-state index contributed by atoms with van der Waals surface area (Å²) in [5.74, 6) is 0.447. The van der Waals surface area contributed by atoms with Crippen molar-refractivity contribution in [3.05, 3.63) is 15.9 Å². The second-order valence-corrected chi connectivity index (χ2v) is 10.2. The van der Waals surface area contributed by atoms with Crippen LogP contribution in [0.25, 0.3) is 0 Å². The van der Waals surface area contributed by atoms with E-state index >= 15 is 0 Å². The summed E-state index contributed by atoms with van der Waals surface area (Å²) in [5.41, 5.74) is 0. The van der Waals surface area contributed by atoms with Gasteiger partial charge in [0.1, 0.15) is 4.21 Å². The number of nitrogens with one attached hydrogen (secondary N) is 1. The van der Waals surface area contributed by atoms with Crippen LogP contribution in [0.2, 0.25) is 0 Å². The monoisotopic (exact) mass is 378 g/mol. The van der Waals surface area contributed by atoms with Gasteiger partial charge in [-0.1, -0.05) is 0 Å². The van der Waals surface area contributed by atoms with E-state index in [2.05, 4.69) is 21.2 Å². The van der Waals surface area contributed by atoms with Gasteiger partial charge >= 0.3 is 0 Å². The van der Waals surface area contributed by atoms with Gasteiger partial charge in [0.05, 0.1) is 3.79 Å². The van der Waals surface area contributed by atoms with E-state index in [1.54, 1.807) is 10.4 Å². The van der Waals surface area contributed by atoms with Gasteiger partial charge in [-0.05, 0) is 72.8 Å². The van der Waals surface area contributed by atoms with Crippen LogP contribution in [0.3, 0.4) is 0 Å². The maximum absolute atomic E-state index is 12.8. The molecular weight excluding hydrogens is 360 g/mol. The van der Waals surface area contributed by atoms with Gasteiger partial charge in [-0.3, -0.25) is 0 Å². The molecule has 0 bridgehead atoms. The minimum Gasteiger partial charge on any atom is -0.316 e. The Morgan fingerprint density at radius 2 is 2.15 bits per heavy atom. The number of sulfonamides is 1. The predicted molar refractivity (Wildman–Crippen MR) is 84.5 cm³/mol. The molecule has 1 aromatic heterocycles. The third-order valence-electron chi connectivity index (χ3n) is 3.90. The van der Waals surface area contributed by atoms with Gasteiger partial charge in [-0.15, -0.1) is 11.3 Å². The second-order valence-electron chi connectivity index (χ2n) is 5.58. The fourth-order valence-corrected chi connectivity index (χ4v) is 6.59. The predicted octanol–water partition coefficient (Wildman–Crippen LogP) is 2.66. The SMILES string of the molecule is O=S(=O)(c1ccc(Br)s1)N(CC1CCCNC1)C1CC1. The van der Waals surface area contributed by atoms with E-state index in [1.165, 1.54) is 11.3 Å². The lowest BCUT2D eigenvalue weighted by Gasteiger charge is -2.29. The molecule has 0 radical (unpaired) electrons. The molecule has 0 amide bonds. The zero-order valence-corrected chi connectivity index (χ0v) is 14.4. The summed E-state index contributed by atoms with van der Waals surface area (Å²) < 4.78 is 28.7. The average molecular weight is 379 g/mol. The molecule has 0 aromatic carbocycles. The number of thiophene rings is 1. The summed E-state index contributed by atoms with van der Waals surface area (Å²) in [7, 11) is -3.32. The normalized spacial score (nSPS) is 24.2. The summed E-state index contributed by atoms with van der Waals surface area (Å²) in [4.78, 5) is 0. The maximum Gasteiger partial charge on any atom is 0.252 e. The molecule has 1 saturated heterocycles. The van der Waals surface area contributed by atoms with Gasteiger partial charge in [0.25, 0.3) is 10.0 Å². The minimum absolute atomic E-state index is 0.225. The lowest BCUT2D eigenvalue weighted by Crippen LogP contribution is -2.41. The summed E-state index contributed by atoms with van der Waals surface area (Å²) in [6.07, 6.45) is 4.28. The smallest absolute Gasteiger partial charge is 0.252 e. The summed E-state index contributed by atoms with van der Waals surface area (Å²) >= 11 is 4.65. The molecule has 4 nitrogen and oxygen atoms in total. The molecule has 7 heteroatoms. The van der Waals surface area contributed by atoms with E-state index in [4.69, 9.17) is 0 Å². The first kappa shape index (κ1) is 15.0. The summed E-state index contributed by atoms with van der Waals surface area (Å²) in [5, 5.41) is 3.37. The third-order valence-corrected chi connectivity index (χ3v) is 7.91. The van der Waals surface area contributed by atoms with Gasteiger partial charge in [0.2, 0.25) is 0 Å². The number of rotatable bonds is 5. The van der Waals surface area contributed by atoms with Crippen molar-refractivity contribution in [1.82, 2.24) is 9.62 Å². The van der Waals surface area contributed by atoms with Crippen LogP contribution in [0.4, 0.5) is 0 Å². The van der Waals surface area contributed by atoms with E-state index in [0.717, 1.165) is 42.6 Å². The Morgan fingerprint density at radius 3 is 2.70 bits per heavy atom. The summed E-state index contributed by atoms with van der Waals surface area (Å²) in [6, 6.07) is 3.74. The molecule has 1 unspecified atom stereocenters. The molecule has 2 fully saturated rings. The molecule has 3 rings (SSSR count). The van der Waals surface area contributed by atoms with Crippen molar-refractivity contribution in [2.45, 2.75) is 35.9 Å². The van der Waals surface area contributed by atoms with Crippen molar-refractivity contribution >= 4 is 37.3 Å². The number of hydrogen-bond donors (Lipinski definition) is 1. The highest BCUT2D eigenvalue weighted by molar-refractivity contribution is 9.11. The van der Waals surface area contributed by atoms with Crippen molar-refractivity contribution in [3.8, 4) is 0 Å². The highest BCUT2D eigenvalue weighted by Crippen LogP contribution is 2.36. The van der Waals surface area contributed by atoms with Crippen molar-refractivity contribution in [1.29, 1.82) is 0 Å². The molecule has 2 heterocycles. The Hall–Kier alpha value is 0.0500. The first-order valence-corrected chi connectivity index (χ1v) is 10.1. The standard InChI is InChI=1S/C13H19BrN2O2S2/c14-12-5-6-13(19-12)20(17,18)16(11-3-4-11)9-10-2-1-7-15-8-10/h5-6,10-11,15H,1-4,7-9H2. The van der Waals surface area contributed by atoms with Crippen LogP contribution in [0.5, 0.6) is 0 Å². The molecule has 1 aliphatic heterocycles. The first-order chi connectivity index (χ1) is 9.57. The zero-order chi connectivity index (χ0) is 14.2. The topological polar surface area (TPSA) is 49.4 Å². The Labute approximate surface area is 132 Å². The van der Waals surface area contributed by atoms with Crippen molar-refractivity contribution in [2.75, 3.05) is 19.6 Å². The quantitative estimate of drug-likeness (QED) is 0.856. The van der Waals surface area contributed by atoms with Crippen molar-refractivity contribution in [2.24, 2.45) is 5.92 Å². The largest absolute Gasteiger partial charge is 0.316 e. The van der Waals surface area contributed by atoms with Gasteiger partial charge in [0.15, 0.2) is 0 Å². The van der Waals surface area contributed by atoms with Crippen molar-refractivity contribution in [3.63, 3.8) is 0 Å². The molecule has 1 saturated carbocycles. The number of nitrogens with zero attached hydrogens (tertiary/aromatic N) is 1. The van der Waals surface area contributed by atoms with E-state index in [-0.39, 0.29) is 6.04 Å². The lowest BCUT2D eigenvalue weighted by atomic mass is 10.00. The van der Waals surface area contributed by atoms with Gasteiger partial charge in [-0.25, -0.2) is 8.42 Å². The van der Waals surface area contributed by atoms with Gasteiger partial charge in [0, 0.05) is 12.6 Å². The molecule has 112 valence electrons. The van der Waals surface area contributed by atoms with Crippen molar-refractivity contribution < 1.29 is 8.42 Å². The Bertz CT molecular complexity index is 563. The van der Waals surface area contributed by atoms with E-state index in [1.807, 2.05) is 6.07 Å². The molecule has 1 aromatic rings. The molecule has 0 spiro atoms. The van der Waals surface area contributed by atoms with Crippen LogP contribution in [0.1, 0.15) is 25.7 Å². The van der Waals surface area contributed by atoms with E-state index in [0.29, 0.717) is 16.7 Å². The molecular formula is C13H19BrN2O2S2. The number of hydrogen-bond acceptors (Lipinski definition) is 4. The van der Waals surface area contributed by atoms with Crippen LogP contribution < -0.4 is 5.32 Å². The summed E-state index contributed by atoms with van der Waals surface area (Å²) in [6.45, 7) is 2.66. The Kier molecular flexibility index (Phi) is 4.52. The van der Waals surface area contributed by atoms with Crippen LogP contribution in [-0.4, -0.2) is 38.4 Å². The fourth-order valence-electron chi connectivity index (χ4n) is 2.69. The minimum atomic E-state index is -3.32. The Morgan fingerprint density at radius 1 is 1.35 bits per heavy atom. The highest BCUT2D eigenvalue weighted by Gasteiger charge is 2.39.